The normalized spacial score (nSPS) is 12.1. The average molecular weight is 242 g/mol. The Morgan fingerprint density at radius 3 is 2.78 bits per heavy atom. The lowest BCUT2D eigenvalue weighted by atomic mass is 10.2. The molecule has 0 radical (unpaired) electrons. The molecule has 1 heterocycles. The van der Waals surface area contributed by atoms with Crippen LogP contribution in [0.1, 0.15) is 30.8 Å². The molecule has 0 aliphatic heterocycles. The van der Waals surface area contributed by atoms with Crippen molar-refractivity contribution in [3.8, 4) is 0 Å². The van der Waals surface area contributed by atoms with E-state index in [1.807, 2.05) is 19.1 Å². The molecule has 0 aromatic carbocycles. The molecular weight excluding hydrogens is 224 g/mol. The first-order valence-corrected chi connectivity index (χ1v) is 5.89. The van der Waals surface area contributed by atoms with Crippen molar-refractivity contribution in [1.29, 1.82) is 0 Å². The number of hydrogen-bond acceptors (Lipinski definition) is 2. The highest BCUT2D eigenvalue weighted by molar-refractivity contribution is 5.93. The number of carbonyl (C=O) groups excluding carboxylic acids is 1. The van der Waals surface area contributed by atoms with Crippen molar-refractivity contribution >= 4 is 5.91 Å². The summed E-state index contributed by atoms with van der Waals surface area (Å²) in [5.41, 5.74) is 2.29. The van der Waals surface area contributed by atoms with Gasteiger partial charge in [-0.05, 0) is 37.6 Å². The van der Waals surface area contributed by atoms with Gasteiger partial charge in [-0.3, -0.25) is 9.78 Å². The van der Waals surface area contributed by atoms with Crippen LogP contribution in [0.5, 0.6) is 0 Å². The third-order valence-corrected chi connectivity index (χ3v) is 2.48. The SMILES string of the molecule is C=C/C(=C\C=C(/C)CC)NC(=O)c1ccccn1. The van der Waals surface area contributed by atoms with Gasteiger partial charge in [0.1, 0.15) is 5.69 Å². The maximum atomic E-state index is 11.8. The maximum Gasteiger partial charge on any atom is 0.274 e. The van der Waals surface area contributed by atoms with E-state index in [9.17, 15) is 4.79 Å². The van der Waals surface area contributed by atoms with Crippen molar-refractivity contribution in [1.82, 2.24) is 10.3 Å². The standard InChI is InChI=1S/C15H18N2O/c1-4-12(3)9-10-13(5-2)17-15(18)14-8-6-7-11-16-14/h5-11H,2,4H2,1,3H3,(H,17,18)/b12-9+,13-10+. The van der Waals surface area contributed by atoms with E-state index in [1.54, 1.807) is 30.5 Å². The number of allylic oxidation sites excluding steroid dienone is 4. The molecule has 1 aromatic rings. The van der Waals surface area contributed by atoms with Gasteiger partial charge in [0.2, 0.25) is 0 Å². The third-order valence-electron chi connectivity index (χ3n) is 2.48. The van der Waals surface area contributed by atoms with Crippen molar-refractivity contribution in [2.75, 3.05) is 0 Å². The van der Waals surface area contributed by atoms with Crippen LogP contribution in [0.4, 0.5) is 0 Å². The monoisotopic (exact) mass is 242 g/mol. The zero-order valence-electron chi connectivity index (χ0n) is 10.8. The van der Waals surface area contributed by atoms with Gasteiger partial charge < -0.3 is 5.32 Å². The molecule has 0 bridgehead atoms. The minimum Gasteiger partial charge on any atom is -0.321 e. The van der Waals surface area contributed by atoms with Crippen LogP contribution in [0.25, 0.3) is 0 Å². The first-order valence-electron chi connectivity index (χ1n) is 5.89. The summed E-state index contributed by atoms with van der Waals surface area (Å²) in [6.07, 6.45) is 7.99. The van der Waals surface area contributed by atoms with Crippen molar-refractivity contribution in [2.24, 2.45) is 0 Å². The van der Waals surface area contributed by atoms with Crippen LogP contribution in [0.3, 0.4) is 0 Å². The lowest BCUT2D eigenvalue weighted by Gasteiger charge is -2.04. The van der Waals surface area contributed by atoms with Crippen LogP contribution >= 0.6 is 0 Å². The van der Waals surface area contributed by atoms with E-state index in [4.69, 9.17) is 0 Å². The Morgan fingerprint density at radius 1 is 1.44 bits per heavy atom. The Bertz CT molecular complexity index is 473. The van der Waals surface area contributed by atoms with E-state index >= 15 is 0 Å². The van der Waals surface area contributed by atoms with Crippen LogP contribution in [0, 0.1) is 0 Å². The summed E-state index contributed by atoms with van der Waals surface area (Å²) < 4.78 is 0. The molecule has 1 N–H and O–H groups in total. The molecule has 94 valence electrons. The van der Waals surface area contributed by atoms with E-state index in [-0.39, 0.29) is 5.91 Å². The summed E-state index contributed by atoms with van der Waals surface area (Å²) in [4.78, 5) is 15.8. The average Bonchev–Trinajstić information content (AvgIpc) is 2.43. The topological polar surface area (TPSA) is 42.0 Å². The van der Waals surface area contributed by atoms with Crippen LogP contribution in [0.15, 0.2) is 60.5 Å². The Kier molecular flexibility index (Phi) is 5.58. The number of rotatable bonds is 5. The number of hydrogen-bond donors (Lipinski definition) is 1. The zero-order valence-corrected chi connectivity index (χ0v) is 10.8. The Hall–Kier alpha value is -2.16. The summed E-state index contributed by atoms with van der Waals surface area (Å²) in [6.45, 7) is 7.80. The van der Waals surface area contributed by atoms with Crippen LogP contribution in [-0.4, -0.2) is 10.9 Å². The van der Waals surface area contributed by atoms with Crippen LogP contribution in [0.2, 0.25) is 0 Å². The van der Waals surface area contributed by atoms with Crippen molar-refractivity contribution in [2.45, 2.75) is 20.3 Å². The Labute approximate surface area is 108 Å². The molecule has 1 rings (SSSR count). The second-order valence-electron chi connectivity index (χ2n) is 3.86. The number of carbonyl (C=O) groups is 1. The second kappa shape index (κ2) is 7.22. The number of nitrogens with zero attached hydrogens (tertiary/aromatic N) is 1. The molecule has 1 aromatic heterocycles. The molecule has 0 spiro atoms. The minimum absolute atomic E-state index is 0.232. The highest BCUT2D eigenvalue weighted by Gasteiger charge is 2.05. The predicted molar refractivity (Wildman–Crippen MR) is 74.0 cm³/mol. The molecule has 0 aliphatic carbocycles. The Morgan fingerprint density at radius 2 is 2.22 bits per heavy atom. The molecule has 0 fully saturated rings. The highest BCUT2D eigenvalue weighted by atomic mass is 16.1. The molecule has 0 saturated carbocycles. The van der Waals surface area contributed by atoms with Gasteiger partial charge in [-0.2, -0.15) is 0 Å². The fraction of sp³-hybridized carbons (Fsp3) is 0.200. The second-order valence-corrected chi connectivity index (χ2v) is 3.86. The van der Waals surface area contributed by atoms with Gasteiger partial charge >= 0.3 is 0 Å². The molecule has 18 heavy (non-hydrogen) atoms. The summed E-state index contributed by atoms with van der Waals surface area (Å²) in [5, 5.41) is 2.76. The van der Waals surface area contributed by atoms with E-state index < -0.39 is 0 Å². The van der Waals surface area contributed by atoms with E-state index in [1.165, 1.54) is 5.57 Å². The summed E-state index contributed by atoms with van der Waals surface area (Å²) in [6, 6.07) is 5.22. The fourth-order valence-corrected chi connectivity index (χ4v) is 1.20. The number of aromatic nitrogens is 1. The smallest absolute Gasteiger partial charge is 0.274 e. The quantitative estimate of drug-likeness (QED) is 0.805. The molecule has 3 nitrogen and oxygen atoms in total. The van der Waals surface area contributed by atoms with Gasteiger partial charge in [-0.1, -0.05) is 31.2 Å². The number of pyridine rings is 1. The molecule has 0 saturated heterocycles. The molecule has 0 aliphatic rings. The largest absolute Gasteiger partial charge is 0.321 e. The third kappa shape index (κ3) is 4.37. The molecule has 0 atom stereocenters. The summed E-state index contributed by atoms with van der Waals surface area (Å²) in [5.74, 6) is -0.232. The first-order chi connectivity index (χ1) is 8.67. The van der Waals surface area contributed by atoms with Crippen LogP contribution < -0.4 is 5.32 Å². The highest BCUT2D eigenvalue weighted by Crippen LogP contribution is 2.02. The lowest BCUT2D eigenvalue weighted by molar-refractivity contribution is 0.0962. The first kappa shape index (κ1) is 13.9. The summed E-state index contributed by atoms with van der Waals surface area (Å²) in [7, 11) is 0. The van der Waals surface area contributed by atoms with Gasteiger partial charge in [0.15, 0.2) is 0 Å². The van der Waals surface area contributed by atoms with Gasteiger partial charge in [0.05, 0.1) is 0 Å². The van der Waals surface area contributed by atoms with Gasteiger partial charge in [-0.15, -0.1) is 0 Å². The van der Waals surface area contributed by atoms with Crippen LogP contribution in [-0.2, 0) is 0 Å². The Balaban J connectivity index is 2.76. The van der Waals surface area contributed by atoms with Crippen molar-refractivity contribution < 1.29 is 4.79 Å². The molecule has 0 unspecified atom stereocenters. The van der Waals surface area contributed by atoms with Gasteiger partial charge in [-0.25, -0.2) is 0 Å². The van der Waals surface area contributed by atoms with E-state index in [0.717, 1.165) is 6.42 Å². The van der Waals surface area contributed by atoms with Gasteiger partial charge in [0, 0.05) is 11.9 Å². The van der Waals surface area contributed by atoms with Gasteiger partial charge in [0.25, 0.3) is 5.91 Å². The lowest BCUT2D eigenvalue weighted by Crippen LogP contribution is -2.22. The predicted octanol–water partition coefficient (Wildman–Crippen LogP) is 3.24. The number of amides is 1. The maximum absolute atomic E-state index is 11.8. The van der Waals surface area contributed by atoms with E-state index in [2.05, 4.69) is 23.8 Å². The molecular formula is C15H18N2O. The van der Waals surface area contributed by atoms with E-state index in [0.29, 0.717) is 11.4 Å². The number of nitrogens with one attached hydrogen (secondary N) is 1. The minimum atomic E-state index is -0.232. The van der Waals surface area contributed by atoms with Crippen molar-refractivity contribution in [3.05, 3.63) is 66.2 Å². The molecule has 1 amide bonds. The zero-order chi connectivity index (χ0) is 13.4. The fourth-order valence-electron chi connectivity index (χ4n) is 1.20. The van der Waals surface area contributed by atoms with Crippen molar-refractivity contribution in [3.63, 3.8) is 0 Å². The molecule has 3 heteroatoms. The summed E-state index contributed by atoms with van der Waals surface area (Å²) >= 11 is 0.